The van der Waals surface area contributed by atoms with Gasteiger partial charge in [0, 0.05) is 18.1 Å². The fraction of sp³-hybridized carbons (Fsp3) is 0.632. The minimum absolute atomic E-state index is 0. The summed E-state index contributed by atoms with van der Waals surface area (Å²) in [5.41, 5.74) is 0. The van der Waals surface area contributed by atoms with Crippen molar-refractivity contribution in [1.82, 2.24) is 0 Å². The zero-order chi connectivity index (χ0) is 42.5. The Morgan fingerprint density at radius 1 is 0.508 bits per heavy atom. The molecular weight excluding hydrogens is 792 g/mol. The standard InChI is InChI=1S/C15H18O9.C11H16O6.C11H14O6.CH4/c1-8(16)2-4-12(19)23-9-6-21-15-10(7-22-14(9)15)24-13(20)5-3-11(17)18;1-6-4-15-11-7(5-16-10(6)11)17-9(14)3-2-8(12)13;1-6(12)2-3-9(14)17-8-5-16-10-7(13)4-15-11(8)10;/h2,4,9-10,14-16H,1,3,5-7H2,(H,17,18);6-7,10-11H,2-5H2,1H3,(H,12,13);2-3,7-8,10-13H,1,4-5H2;1H4/t9-,10-,14+,15+;6-,7-,10+,11+;7-,8-,10+,11+;/m000./s1. The van der Waals surface area contributed by atoms with Crippen LogP contribution in [0.4, 0.5) is 0 Å². The van der Waals surface area contributed by atoms with Crippen LogP contribution in [0.25, 0.3) is 0 Å². The number of rotatable bonds is 14. The van der Waals surface area contributed by atoms with Gasteiger partial charge in [0.1, 0.15) is 48.1 Å². The number of hydrogen-bond acceptors (Lipinski definition) is 19. The van der Waals surface area contributed by atoms with E-state index in [1.54, 1.807) is 0 Å². The molecule has 6 heterocycles. The first kappa shape index (κ1) is 48.5. The second-order valence-corrected chi connectivity index (χ2v) is 13.8. The lowest BCUT2D eigenvalue weighted by Crippen LogP contribution is -2.35. The molecule has 0 bridgehead atoms. The summed E-state index contributed by atoms with van der Waals surface area (Å²) in [5.74, 6) is -4.76. The van der Waals surface area contributed by atoms with Gasteiger partial charge in [-0.1, -0.05) is 27.5 Å². The topological polar surface area (TPSA) is 296 Å². The summed E-state index contributed by atoms with van der Waals surface area (Å²) >= 11 is 0. The van der Waals surface area contributed by atoms with Crippen molar-refractivity contribution >= 4 is 35.8 Å². The molecule has 59 heavy (non-hydrogen) atoms. The molecule has 5 N–H and O–H groups in total. The number of aliphatic carboxylic acids is 2. The Bertz CT molecular complexity index is 1570. The molecule has 0 aliphatic carbocycles. The van der Waals surface area contributed by atoms with Gasteiger partial charge in [-0.3, -0.25) is 19.2 Å². The molecule has 0 amide bonds. The van der Waals surface area contributed by atoms with Gasteiger partial charge in [-0.05, 0) is 12.2 Å². The summed E-state index contributed by atoms with van der Waals surface area (Å²) in [6.45, 7) is 9.91. The Hall–Kier alpha value is -4.90. The molecule has 21 heteroatoms. The number of hydrogen-bond donors (Lipinski definition) is 5. The van der Waals surface area contributed by atoms with Crippen molar-refractivity contribution in [2.75, 3.05) is 39.6 Å². The van der Waals surface area contributed by atoms with Crippen LogP contribution in [0.3, 0.4) is 0 Å². The molecule has 0 aromatic rings. The Balaban J connectivity index is 0.000000240. The molecule has 330 valence electrons. The second-order valence-electron chi connectivity index (χ2n) is 13.8. The van der Waals surface area contributed by atoms with Crippen molar-refractivity contribution in [3.63, 3.8) is 0 Å². The first-order chi connectivity index (χ1) is 27.5. The van der Waals surface area contributed by atoms with Gasteiger partial charge in [-0.25, -0.2) is 9.59 Å². The predicted molar refractivity (Wildman–Crippen MR) is 195 cm³/mol. The summed E-state index contributed by atoms with van der Waals surface area (Å²) in [6, 6.07) is 0. The van der Waals surface area contributed by atoms with Gasteiger partial charge in [0.05, 0.1) is 71.4 Å². The van der Waals surface area contributed by atoms with E-state index in [0.29, 0.717) is 19.1 Å². The quantitative estimate of drug-likeness (QED) is 0.0526. The lowest BCUT2D eigenvalue weighted by atomic mass is 10.0. The van der Waals surface area contributed by atoms with E-state index >= 15 is 0 Å². The number of aliphatic hydroxyl groups is 3. The highest BCUT2D eigenvalue weighted by Crippen LogP contribution is 2.33. The largest absolute Gasteiger partial charge is 0.509 e. The first-order valence-electron chi connectivity index (χ1n) is 18.3. The van der Waals surface area contributed by atoms with Crippen LogP contribution in [-0.2, 0) is 76.1 Å². The van der Waals surface area contributed by atoms with Crippen LogP contribution in [0.5, 0.6) is 0 Å². The molecular formula is C38H52O21. The molecule has 6 fully saturated rings. The number of aliphatic hydroxyl groups excluding tert-OH is 3. The molecule has 0 unspecified atom stereocenters. The van der Waals surface area contributed by atoms with E-state index in [0.717, 1.165) is 24.3 Å². The van der Waals surface area contributed by atoms with Crippen LogP contribution in [0, 0.1) is 5.92 Å². The predicted octanol–water partition coefficient (Wildman–Crippen LogP) is 0.618. The fourth-order valence-corrected chi connectivity index (χ4v) is 6.51. The number of carboxylic acids is 2. The minimum atomic E-state index is -1.09. The number of carbonyl (C=O) groups is 6. The van der Waals surface area contributed by atoms with E-state index in [9.17, 15) is 33.9 Å². The van der Waals surface area contributed by atoms with Crippen LogP contribution in [0.1, 0.15) is 40.0 Å². The second kappa shape index (κ2) is 23.0. The molecule has 21 nitrogen and oxygen atoms in total. The highest BCUT2D eigenvalue weighted by molar-refractivity contribution is 5.83. The van der Waals surface area contributed by atoms with E-state index < -0.39 is 90.8 Å². The third-order valence-corrected chi connectivity index (χ3v) is 9.21. The molecule has 0 saturated carbocycles. The fourth-order valence-electron chi connectivity index (χ4n) is 6.51. The molecule has 6 rings (SSSR count). The zero-order valence-electron chi connectivity index (χ0n) is 31.5. The molecule has 0 aromatic carbocycles. The van der Waals surface area contributed by atoms with Gasteiger partial charge in [-0.15, -0.1) is 0 Å². The summed E-state index contributed by atoms with van der Waals surface area (Å²) in [7, 11) is 0. The van der Waals surface area contributed by atoms with Gasteiger partial charge < -0.3 is 72.9 Å². The number of ether oxygens (including phenoxy) is 10. The highest BCUT2D eigenvalue weighted by atomic mass is 16.7. The van der Waals surface area contributed by atoms with E-state index in [2.05, 4.69) is 13.2 Å². The van der Waals surface area contributed by atoms with Crippen molar-refractivity contribution in [3.8, 4) is 0 Å². The maximum absolute atomic E-state index is 11.6. The SMILES string of the molecule is C.C=C(O)C=CC(=O)O[C@H]1CO[C@H]2[C@@H]1OC[C@@H]2O.C=C(O)C=CC(=O)O[C@H]1CO[C@H]2[C@@H]1OC[C@@H]2OC(=O)CCC(=O)O.C[C@H]1CO[C@H]2[C@@H]1OC[C@@H]2OC(=O)CCC(=O)O. The molecule has 0 spiro atoms. The van der Waals surface area contributed by atoms with Gasteiger partial charge in [0.25, 0.3) is 0 Å². The lowest BCUT2D eigenvalue weighted by molar-refractivity contribution is -0.156. The summed E-state index contributed by atoms with van der Waals surface area (Å²) in [4.78, 5) is 66.6. The van der Waals surface area contributed by atoms with Gasteiger partial charge >= 0.3 is 35.8 Å². The average molecular weight is 845 g/mol. The van der Waals surface area contributed by atoms with Crippen LogP contribution in [-0.4, -0.2) is 168 Å². The van der Waals surface area contributed by atoms with Crippen molar-refractivity contribution in [2.24, 2.45) is 5.92 Å². The Morgan fingerprint density at radius 3 is 1.27 bits per heavy atom. The highest BCUT2D eigenvalue weighted by Gasteiger charge is 2.52. The van der Waals surface area contributed by atoms with Crippen molar-refractivity contribution in [3.05, 3.63) is 49.0 Å². The average Bonchev–Trinajstić information content (AvgIpc) is 4.02. The van der Waals surface area contributed by atoms with Crippen molar-refractivity contribution < 1.29 is 102 Å². The number of fused-ring (bicyclic) bond motifs is 3. The lowest BCUT2D eigenvalue weighted by Gasteiger charge is -2.16. The third-order valence-electron chi connectivity index (χ3n) is 9.21. The van der Waals surface area contributed by atoms with Gasteiger partial charge in [-0.2, -0.15) is 0 Å². The van der Waals surface area contributed by atoms with E-state index in [-0.39, 0.29) is 83.3 Å². The van der Waals surface area contributed by atoms with E-state index in [4.69, 9.17) is 67.8 Å². The van der Waals surface area contributed by atoms with Gasteiger partial charge in [0.15, 0.2) is 24.4 Å². The molecule has 0 aromatic heterocycles. The summed E-state index contributed by atoms with van der Waals surface area (Å²) in [6.07, 6.45) is -1.68. The minimum Gasteiger partial charge on any atom is -0.509 e. The van der Waals surface area contributed by atoms with Crippen LogP contribution >= 0.6 is 0 Å². The normalized spacial score (nSPS) is 32.2. The number of carboxylic acid groups (broad SMARTS) is 2. The molecule has 12 atom stereocenters. The number of esters is 4. The Morgan fingerprint density at radius 2 is 0.847 bits per heavy atom. The smallest absolute Gasteiger partial charge is 0.331 e. The Kier molecular flexibility index (Phi) is 18.9. The Labute approximate surface area is 339 Å². The summed E-state index contributed by atoms with van der Waals surface area (Å²) in [5, 5.41) is 44.1. The number of carbonyl (C=O) groups excluding carboxylic acids is 4. The molecule has 6 saturated heterocycles. The van der Waals surface area contributed by atoms with E-state index in [1.807, 2.05) is 6.92 Å². The zero-order valence-corrected chi connectivity index (χ0v) is 31.5. The number of allylic oxidation sites excluding steroid dienone is 2. The van der Waals surface area contributed by atoms with Gasteiger partial charge in [0.2, 0.25) is 0 Å². The first-order valence-corrected chi connectivity index (χ1v) is 18.3. The van der Waals surface area contributed by atoms with E-state index in [1.165, 1.54) is 0 Å². The summed E-state index contributed by atoms with van der Waals surface area (Å²) < 4.78 is 53.1. The third kappa shape index (κ3) is 14.7. The van der Waals surface area contributed by atoms with Crippen LogP contribution in [0.2, 0.25) is 0 Å². The van der Waals surface area contributed by atoms with Crippen LogP contribution < -0.4 is 0 Å². The monoisotopic (exact) mass is 844 g/mol. The van der Waals surface area contributed by atoms with Crippen LogP contribution in [0.15, 0.2) is 49.0 Å². The maximum atomic E-state index is 11.6. The molecule has 6 aliphatic heterocycles. The maximum Gasteiger partial charge on any atom is 0.331 e. The molecule has 0 radical (unpaired) electrons. The van der Waals surface area contributed by atoms with Crippen molar-refractivity contribution in [2.45, 2.75) is 107 Å². The molecule has 6 aliphatic rings. The van der Waals surface area contributed by atoms with Crippen molar-refractivity contribution in [1.29, 1.82) is 0 Å².